The van der Waals surface area contributed by atoms with Crippen molar-refractivity contribution < 1.29 is 19.1 Å². The quantitative estimate of drug-likeness (QED) is 0.778. The predicted molar refractivity (Wildman–Crippen MR) is 58.5 cm³/mol. The summed E-state index contributed by atoms with van der Waals surface area (Å²) in [6.07, 6.45) is -0.631. The summed E-state index contributed by atoms with van der Waals surface area (Å²) in [4.78, 5) is 22.5. The first-order valence-electron chi connectivity index (χ1n) is 4.62. The number of rotatable bonds is 2. The Labute approximate surface area is 93.4 Å². The van der Waals surface area contributed by atoms with E-state index in [9.17, 15) is 9.59 Å². The van der Waals surface area contributed by atoms with Gasteiger partial charge in [0, 0.05) is 0 Å². The lowest BCUT2D eigenvalue weighted by Gasteiger charge is -2.09. The molecule has 0 aliphatic rings. The minimum Gasteiger partial charge on any atom is -0.465 e. The van der Waals surface area contributed by atoms with E-state index in [-0.39, 0.29) is 0 Å². The van der Waals surface area contributed by atoms with Crippen molar-refractivity contribution in [1.82, 2.24) is 0 Å². The van der Waals surface area contributed by atoms with Crippen LogP contribution in [0.1, 0.15) is 15.9 Å². The molecule has 1 aromatic carbocycles. The lowest BCUT2D eigenvalue weighted by atomic mass is 10.1. The first-order chi connectivity index (χ1) is 7.58. The van der Waals surface area contributed by atoms with Gasteiger partial charge in [-0.25, -0.2) is 9.59 Å². The molecule has 0 saturated heterocycles. The average molecular weight is 223 g/mol. The second-order valence-corrected chi connectivity index (χ2v) is 3.16. The molecule has 0 heterocycles. The molecule has 0 atom stereocenters. The molecule has 1 N–H and O–H groups in total. The second-order valence-electron chi connectivity index (χ2n) is 3.16. The van der Waals surface area contributed by atoms with E-state index >= 15 is 0 Å². The van der Waals surface area contributed by atoms with E-state index in [0.717, 1.165) is 5.56 Å². The van der Waals surface area contributed by atoms with Crippen LogP contribution in [0.3, 0.4) is 0 Å². The van der Waals surface area contributed by atoms with Gasteiger partial charge in [0.05, 0.1) is 25.5 Å². The van der Waals surface area contributed by atoms with E-state index in [1.54, 1.807) is 18.2 Å². The van der Waals surface area contributed by atoms with Crippen LogP contribution < -0.4 is 5.32 Å². The Morgan fingerprint density at radius 3 is 2.44 bits per heavy atom. The van der Waals surface area contributed by atoms with Gasteiger partial charge in [0.1, 0.15) is 0 Å². The van der Waals surface area contributed by atoms with Crippen molar-refractivity contribution in [2.24, 2.45) is 0 Å². The zero-order chi connectivity index (χ0) is 12.1. The first-order valence-corrected chi connectivity index (χ1v) is 4.62. The number of hydrogen-bond donors (Lipinski definition) is 1. The van der Waals surface area contributed by atoms with Crippen molar-refractivity contribution in [3.63, 3.8) is 0 Å². The number of carbonyl (C=O) groups excluding carboxylic acids is 2. The van der Waals surface area contributed by atoms with E-state index in [1.807, 2.05) is 6.92 Å². The maximum absolute atomic E-state index is 11.4. The molecule has 0 bridgehead atoms. The number of benzene rings is 1. The van der Waals surface area contributed by atoms with Crippen LogP contribution in [0.5, 0.6) is 0 Å². The van der Waals surface area contributed by atoms with Crippen LogP contribution in [-0.4, -0.2) is 26.3 Å². The molecule has 16 heavy (non-hydrogen) atoms. The Hall–Kier alpha value is -2.04. The number of anilines is 1. The Morgan fingerprint density at radius 2 is 1.88 bits per heavy atom. The molecule has 0 unspecified atom stereocenters. The fourth-order valence-electron chi connectivity index (χ4n) is 1.21. The normalized spacial score (nSPS) is 9.44. The monoisotopic (exact) mass is 223 g/mol. The largest absolute Gasteiger partial charge is 0.465 e. The van der Waals surface area contributed by atoms with Gasteiger partial charge in [-0.05, 0) is 19.1 Å². The molecule has 0 radical (unpaired) electrons. The van der Waals surface area contributed by atoms with Crippen LogP contribution in [0.2, 0.25) is 0 Å². The summed E-state index contributed by atoms with van der Waals surface area (Å²) >= 11 is 0. The number of ether oxygens (including phenoxy) is 2. The van der Waals surface area contributed by atoms with Crippen LogP contribution in [0.15, 0.2) is 18.2 Å². The molecule has 0 spiro atoms. The van der Waals surface area contributed by atoms with Gasteiger partial charge < -0.3 is 9.47 Å². The fourth-order valence-corrected chi connectivity index (χ4v) is 1.21. The Morgan fingerprint density at radius 1 is 1.19 bits per heavy atom. The number of methoxy groups -OCH3 is 2. The smallest absolute Gasteiger partial charge is 0.411 e. The molecule has 0 saturated carbocycles. The second kappa shape index (κ2) is 5.16. The van der Waals surface area contributed by atoms with Crippen LogP contribution in [0.4, 0.5) is 10.5 Å². The maximum atomic E-state index is 11.4. The molecular weight excluding hydrogens is 210 g/mol. The Kier molecular flexibility index (Phi) is 3.88. The van der Waals surface area contributed by atoms with Crippen molar-refractivity contribution in [2.45, 2.75) is 6.92 Å². The fraction of sp³-hybridized carbons (Fsp3) is 0.273. The van der Waals surface area contributed by atoms with E-state index in [2.05, 4.69) is 14.8 Å². The minimum atomic E-state index is -0.631. The average Bonchev–Trinajstić information content (AvgIpc) is 2.30. The number of amides is 1. The van der Waals surface area contributed by atoms with Gasteiger partial charge in [-0.3, -0.25) is 5.32 Å². The van der Waals surface area contributed by atoms with Gasteiger partial charge in [0.2, 0.25) is 0 Å². The van der Waals surface area contributed by atoms with Crippen LogP contribution in [0, 0.1) is 6.92 Å². The Balaban J connectivity index is 3.07. The van der Waals surface area contributed by atoms with Crippen LogP contribution in [-0.2, 0) is 9.47 Å². The van der Waals surface area contributed by atoms with Crippen molar-refractivity contribution in [3.05, 3.63) is 29.3 Å². The SMILES string of the molecule is COC(=O)Nc1ccc(C)cc1C(=O)OC. The van der Waals surface area contributed by atoms with Gasteiger partial charge in [-0.2, -0.15) is 0 Å². The van der Waals surface area contributed by atoms with Crippen molar-refractivity contribution in [1.29, 1.82) is 0 Å². The summed E-state index contributed by atoms with van der Waals surface area (Å²) in [5, 5.41) is 2.44. The summed E-state index contributed by atoms with van der Waals surface area (Å²) < 4.78 is 9.07. The molecule has 0 aliphatic heterocycles. The highest BCUT2D eigenvalue weighted by Gasteiger charge is 2.13. The van der Waals surface area contributed by atoms with Crippen LogP contribution in [0.25, 0.3) is 0 Å². The first kappa shape index (κ1) is 12.0. The predicted octanol–water partition coefficient (Wildman–Crippen LogP) is 1.96. The van der Waals surface area contributed by atoms with Crippen molar-refractivity contribution in [3.8, 4) is 0 Å². The number of nitrogens with one attached hydrogen (secondary N) is 1. The highest BCUT2D eigenvalue weighted by atomic mass is 16.5. The lowest BCUT2D eigenvalue weighted by molar-refractivity contribution is 0.0602. The van der Waals surface area contributed by atoms with Crippen molar-refractivity contribution in [2.75, 3.05) is 19.5 Å². The van der Waals surface area contributed by atoms with Crippen molar-refractivity contribution >= 4 is 17.7 Å². The minimum absolute atomic E-state index is 0.299. The zero-order valence-electron chi connectivity index (χ0n) is 9.37. The topological polar surface area (TPSA) is 64.6 Å². The van der Waals surface area contributed by atoms with Gasteiger partial charge in [-0.15, -0.1) is 0 Å². The molecule has 0 fully saturated rings. The van der Waals surface area contributed by atoms with E-state index in [0.29, 0.717) is 11.3 Å². The molecule has 1 amide bonds. The lowest BCUT2D eigenvalue weighted by Crippen LogP contribution is -2.15. The number of esters is 1. The molecular formula is C11H13NO4. The number of hydrogen-bond acceptors (Lipinski definition) is 4. The third-order valence-corrected chi connectivity index (χ3v) is 2.00. The summed E-state index contributed by atoms with van der Waals surface area (Å²) in [6.45, 7) is 1.84. The molecule has 0 aromatic heterocycles. The van der Waals surface area contributed by atoms with Gasteiger partial charge in [0.15, 0.2) is 0 Å². The van der Waals surface area contributed by atoms with Gasteiger partial charge >= 0.3 is 12.1 Å². The maximum Gasteiger partial charge on any atom is 0.411 e. The molecule has 86 valence electrons. The number of carbonyl (C=O) groups is 2. The third-order valence-electron chi connectivity index (χ3n) is 2.00. The molecule has 5 heteroatoms. The van der Waals surface area contributed by atoms with E-state index in [4.69, 9.17) is 0 Å². The van der Waals surface area contributed by atoms with E-state index in [1.165, 1.54) is 14.2 Å². The highest BCUT2D eigenvalue weighted by molar-refractivity contribution is 5.99. The summed E-state index contributed by atoms with van der Waals surface area (Å²) in [7, 11) is 2.54. The molecule has 0 aliphatic carbocycles. The van der Waals surface area contributed by atoms with Gasteiger partial charge in [0.25, 0.3) is 0 Å². The highest BCUT2D eigenvalue weighted by Crippen LogP contribution is 2.18. The molecule has 1 rings (SSSR count). The van der Waals surface area contributed by atoms with Crippen LogP contribution >= 0.6 is 0 Å². The summed E-state index contributed by atoms with van der Waals surface area (Å²) in [5.74, 6) is -0.505. The summed E-state index contributed by atoms with van der Waals surface area (Å²) in [5.41, 5.74) is 1.56. The van der Waals surface area contributed by atoms with E-state index < -0.39 is 12.1 Å². The third kappa shape index (κ3) is 2.73. The molecule has 5 nitrogen and oxygen atoms in total. The van der Waals surface area contributed by atoms with Gasteiger partial charge in [-0.1, -0.05) is 11.6 Å². The summed E-state index contributed by atoms with van der Waals surface area (Å²) in [6, 6.07) is 5.04. The molecule has 1 aromatic rings. The number of aryl methyl sites for hydroxylation is 1. The zero-order valence-corrected chi connectivity index (χ0v) is 9.37. The Bertz CT molecular complexity index is 414. The standard InChI is InChI=1S/C11H13NO4/c1-7-4-5-9(12-11(14)16-3)8(6-7)10(13)15-2/h4-6H,1-3H3,(H,12,14).